The minimum Gasteiger partial charge on any atom is -0.455 e. The van der Waals surface area contributed by atoms with Crippen LogP contribution in [0, 0.1) is 0 Å². The standard InChI is InChI=1S/C15H22O6/c1-4-9(2)15(19)21-13-7-8-14(18)20-12(13)6-5-11(17)10(3)16/h4,7-8,10-13,16-17H,5-6H2,1-3H3/b9-4+/t10-,11-,12+,13+/m0/s1. The highest BCUT2D eigenvalue weighted by Crippen LogP contribution is 2.20. The molecule has 0 bridgehead atoms. The highest BCUT2D eigenvalue weighted by atomic mass is 16.6. The normalized spacial score (nSPS) is 25.2. The van der Waals surface area contributed by atoms with E-state index >= 15 is 0 Å². The lowest BCUT2D eigenvalue weighted by Gasteiger charge is -2.28. The summed E-state index contributed by atoms with van der Waals surface area (Å²) in [5.74, 6) is -0.993. The van der Waals surface area contributed by atoms with E-state index in [-0.39, 0.29) is 12.8 Å². The van der Waals surface area contributed by atoms with E-state index in [1.807, 2.05) is 0 Å². The Labute approximate surface area is 124 Å². The Balaban J connectivity index is 2.67. The van der Waals surface area contributed by atoms with Crippen molar-refractivity contribution in [2.24, 2.45) is 0 Å². The molecule has 6 heteroatoms. The van der Waals surface area contributed by atoms with Gasteiger partial charge < -0.3 is 19.7 Å². The Morgan fingerprint density at radius 3 is 2.76 bits per heavy atom. The average Bonchev–Trinajstić information content (AvgIpc) is 2.45. The Bertz CT molecular complexity index is 437. The number of cyclic esters (lactones) is 1. The van der Waals surface area contributed by atoms with Crippen molar-refractivity contribution in [2.75, 3.05) is 0 Å². The summed E-state index contributed by atoms with van der Waals surface area (Å²) in [6.45, 7) is 4.83. The molecular weight excluding hydrogens is 276 g/mol. The Hall–Kier alpha value is -1.66. The highest BCUT2D eigenvalue weighted by molar-refractivity contribution is 5.88. The van der Waals surface area contributed by atoms with Crippen molar-refractivity contribution >= 4 is 11.9 Å². The van der Waals surface area contributed by atoms with E-state index in [9.17, 15) is 19.8 Å². The van der Waals surface area contributed by atoms with E-state index in [4.69, 9.17) is 9.47 Å². The second-order valence-electron chi connectivity index (χ2n) is 5.06. The summed E-state index contributed by atoms with van der Waals surface area (Å²) in [6.07, 6.45) is 1.71. The first-order valence-electron chi connectivity index (χ1n) is 6.94. The molecule has 1 aliphatic heterocycles. The lowest BCUT2D eigenvalue weighted by atomic mass is 10.0. The van der Waals surface area contributed by atoms with Crippen molar-refractivity contribution < 1.29 is 29.3 Å². The summed E-state index contributed by atoms with van der Waals surface area (Å²) in [5.41, 5.74) is 0.461. The zero-order valence-electron chi connectivity index (χ0n) is 12.5. The van der Waals surface area contributed by atoms with Gasteiger partial charge in [0.15, 0.2) is 6.10 Å². The molecule has 21 heavy (non-hydrogen) atoms. The summed E-state index contributed by atoms with van der Waals surface area (Å²) in [5, 5.41) is 18.8. The summed E-state index contributed by atoms with van der Waals surface area (Å²) in [4.78, 5) is 23.1. The van der Waals surface area contributed by atoms with Crippen LogP contribution in [0.5, 0.6) is 0 Å². The fraction of sp³-hybridized carbons (Fsp3) is 0.600. The third-order valence-corrected chi connectivity index (χ3v) is 3.36. The molecule has 0 radical (unpaired) electrons. The van der Waals surface area contributed by atoms with Crippen LogP contribution in [0.3, 0.4) is 0 Å². The Kier molecular flexibility index (Phi) is 6.58. The van der Waals surface area contributed by atoms with Gasteiger partial charge in [0.2, 0.25) is 0 Å². The number of aliphatic hydroxyl groups is 2. The average molecular weight is 298 g/mol. The molecule has 2 N–H and O–H groups in total. The molecule has 1 aliphatic rings. The van der Waals surface area contributed by atoms with E-state index in [1.165, 1.54) is 19.1 Å². The third-order valence-electron chi connectivity index (χ3n) is 3.36. The minimum absolute atomic E-state index is 0.236. The van der Waals surface area contributed by atoms with Crippen molar-refractivity contribution in [1.82, 2.24) is 0 Å². The van der Waals surface area contributed by atoms with Gasteiger partial charge in [-0.3, -0.25) is 0 Å². The molecule has 0 spiro atoms. The lowest BCUT2D eigenvalue weighted by molar-refractivity contribution is -0.162. The van der Waals surface area contributed by atoms with E-state index in [0.717, 1.165) is 0 Å². The molecule has 0 aliphatic carbocycles. The molecule has 0 saturated heterocycles. The molecule has 0 aromatic rings. The number of allylic oxidation sites excluding steroid dienone is 1. The third kappa shape index (κ3) is 5.32. The molecule has 1 heterocycles. The number of hydrogen-bond donors (Lipinski definition) is 2. The van der Waals surface area contributed by atoms with Crippen LogP contribution < -0.4 is 0 Å². The van der Waals surface area contributed by atoms with Crippen LogP contribution in [0.4, 0.5) is 0 Å². The largest absolute Gasteiger partial charge is 0.455 e. The van der Waals surface area contributed by atoms with Gasteiger partial charge in [0, 0.05) is 11.6 Å². The molecule has 1 rings (SSSR count). The number of aliphatic hydroxyl groups excluding tert-OH is 2. The number of ether oxygens (including phenoxy) is 2. The quantitative estimate of drug-likeness (QED) is 0.558. The maximum Gasteiger partial charge on any atom is 0.334 e. The first kappa shape index (κ1) is 17.4. The number of rotatable bonds is 6. The highest BCUT2D eigenvalue weighted by Gasteiger charge is 2.30. The van der Waals surface area contributed by atoms with Gasteiger partial charge in [-0.05, 0) is 39.7 Å². The Morgan fingerprint density at radius 1 is 1.52 bits per heavy atom. The topological polar surface area (TPSA) is 93.1 Å². The van der Waals surface area contributed by atoms with Crippen LogP contribution in [0.2, 0.25) is 0 Å². The predicted molar refractivity (Wildman–Crippen MR) is 75.3 cm³/mol. The van der Waals surface area contributed by atoms with Crippen molar-refractivity contribution in [3.8, 4) is 0 Å². The minimum atomic E-state index is -0.914. The Morgan fingerprint density at radius 2 is 2.19 bits per heavy atom. The number of hydrogen-bond acceptors (Lipinski definition) is 6. The van der Waals surface area contributed by atoms with Gasteiger partial charge in [-0.25, -0.2) is 9.59 Å². The second-order valence-corrected chi connectivity index (χ2v) is 5.06. The van der Waals surface area contributed by atoms with Crippen molar-refractivity contribution in [3.63, 3.8) is 0 Å². The first-order chi connectivity index (χ1) is 9.85. The van der Waals surface area contributed by atoms with E-state index < -0.39 is 36.4 Å². The van der Waals surface area contributed by atoms with Gasteiger partial charge >= 0.3 is 11.9 Å². The van der Waals surface area contributed by atoms with Crippen LogP contribution in [-0.2, 0) is 19.1 Å². The molecule has 0 unspecified atom stereocenters. The molecular formula is C15H22O6. The SMILES string of the molecule is C/C=C(\C)C(=O)O[C@@H]1C=CC(=O)O[C@@H]1CC[C@H](O)[C@H](C)O. The number of carbonyl (C=O) groups is 2. The molecule has 0 aromatic carbocycles. The van der Waals surface area contributed by atoms with Crippen LogP contribution in [0.25, 0.3) is 0 Å². The maximum atomic E-state index is 11.8. The smallest absolute Gasteiger partial charge is 0.334 e. The van der Waals surface area contributed by atoms with Crippen molar-refractivity contribution in [3.05, 3.63) is 23.8 Å². The fourth-order valence-electron chi connectivity index (χ4n) is 1.80. The van der Waals surface area contributed by atoms with Gasteiger partial charge in [-0.2, -0.15) is 0 Å². The van der Waals surface area contributed by atoms with Crippen LogP contribution >= 0.6 is 0 Å². The molecule has 0 fully saturated rings. The zero-order chi connectivity index (χ0) is 16.0. The summed E-state index contributed by atoms with van der Waals surface area (Å²) < 4.78 is 10.4. The van der Waals surface area contributed by atoms with Crippen LogP contribution in [0.15, 0.2) is 23.8 Å². The monoisotopic (exact) mass is 298 g/mol. The number of carbonyl (C=O) groups excluding carboxylic acids is 2. The van der Waals surface area contributed by atoms with Gasteiger partial charge in [0.05, 0.1) is 12.2 Å². The molecule has 118 valence electrons. The van der Waals surface area contributed by atoms with Crippen LogP contribution in [0.1, 0.15) is 33.6 Å². The zero-order valence-corrected chi connectivity index (χ0v) is 12.5. The van der Waals surface area contributed by atoms with Gasteiger partial charge in [-0.15, -0.1) is 0 Å². The maximum absolute atomic E-state index is 11.8. The van der Waals surface area contributed by atoms with Crippen molar-refractivity contribution in [1.29, 1.82) is 0 Å². The predicted octanol–water partition coefficient (Wildman–Crippen LogP) is 0.868. The van der Waals surface area contributed by atoms with E-state index in [2.05, 4.69) is 0 Å². The number of esters is 2. The van der Waals surface area contributed by atoms with E-state index in [1.54, 1.807) is 19.9 Å². The molecule has 0 amide bonds. The molecule has 4 atom stereocenters. The van der Waals surface area contributed by atoms with Crippen LogP contribution in [-0.4, -0.2) is 46.6 Å². The van der Waals surface area contributed by atoms with Gasteiger partial charge in [-0.1, -0.05) is 6.08 Å². The molecule has 6 nitrogen and oxygen atoms in total. The molecule has 0 saturated carbocycles. The summed E-state index contributed by atoms with van der Waals surface area (Å²) in [7, 11) is 0. The fourth-order valence-corrected chi connectivity index (χ4v) is 1.80. The van der Waals surface area contributed by atoms with Gasteiger partial charge in [0.25, 0.3) is 0 Å². The lowest BCUT2D eigenvalue weighted by Crippen LogP contribution is -2.38. The summed E-state index contributed by atoms with van der Waals surface area (Å²) in [6, 6.07) is 0. The van der Waals surface area contributed by atoms with Crippen molar-refractivity contribution in [2.45, 2.75) is 58.0 Å². The molecule has 0 aromatic heterocycles. The first-order valence-corrected chi connectivity index (χ1v) is 6.94. The summed E-state index contributed by atoms with van der Waals surface area (Å²) >= 11 is 0. The van der Waals surface area contributed by atoms with E-state index in [0.29, 0.717) is 5.57 Å². The van der Waals surface area contributed by atoms with Gasteiger partial charge in [0.1, 0.15) is 6.10 Å². The second kappa shape index (κ2) is 7.95.